The Kier molecular flexibility index (Phi) is 5.88. The fraction of sp³-hybridized carbons (Fsp3) is 0.478. The SMILES string of the molecule is CNc1nc(NC2CCN(C3COC3)CC2F)nn2ccc(-c3ccn4ncc(CC(F)F)c4n3)c12. The Bertz CT molecular complexity index is 1390. The van der Waals surface area contributed by atoms with Gasteiger partial charge in [-0.2, -0.15) is 10.1 Å². The van der Waals surface area contributed by atoms with Crippen LogP contribution in [0.5, 0.6) is 0 Å². The predicted octanol–water partition coefficient (Wildman–Crippen LogP) is 2.51. The largest absolute Gasteiger partial charge is 0.378 e. The number of fused-ring (bicyclic) bond motifs is 2. The van der Waals surface area contributed by atoms with Crippen molar-refractivity contribution in [3.8, 4) is 11.3 Å². The number of hydrogen-bond donors (Lipinski definition) is 2. The summed E-state index contributed by atoms with van der Waals surface area (Å²) >= 11 is 0. The lowest BCUT2D eigenvalue weighted by atomic mass is 10.0. The number of nitrogens with one attached hydrogen (secondary N) is 2. The van der Waals surface area contributed by atoms with Crippen LogP contribution in [0.25, 0.3) is 22.4 Å². The molecule has 2 aliphatic heterocycles. The van der Waals surface area contributed by atoms with Crippen molar-refractivity contribution in [3.63, 3.8) is 0 Å². The number of hydrogen-bond acceptors (Lipinski definition) is 8. The molecule has 0 aromatic carbocycles. The Balaban J connectivity index is 1.28. The van der Waals surface area contributed by atoms with E-state index in [-0.39, 0.29) is 0 Å². The summed E-state index contributed by atoms with van der Waals surface area (Å²) < 4.78 is 49.3. The molecule has 2 unspecified atom stereocenters. The minimum Gasteiger partial charge on any atom is -0.378 e. The summed E-state index contributed by atoms with van der Waals surface area (Å²) in [5.41, 5.74) is 2.75. The van der Waals surface area contributed by atoms with Gasteiger partial charge in [-0.1, -0.05) is 0 Å². The lowest BCUT2D eigenvalue weighted by molar-refractivity contribution is -0.0794. The zero-order valence-electron chi connectivity index (χ0n) is 19.6. The van der Waals surface area contributed by atoms with Gasteiger partial charge in [0.1, 0.15) is 11.7 Å². The monoisotopic (exact) mass is 501 g/mol. The smallest absolute Gasteiger partial charge is 0.243 e. The summed E-state index contributed by atoms with van der Waals surface area (Å²) in [5.74, 6) is 0.857. The first-order chi connectivity index (χ1) is 17.5. The van der Waals surface area contributed by atoms with Gasteiger partial charge in [0.2, 0.25) is 12.4 Å². The number of rotatable bonds is 7. The van der Waals surface area contributed by atoms with E-state index in [4.69, 9.17) is 4.74 Å². The molecule has 0 amide bonds. The van der Waals surface area contributed by atoms with Crippen molar-refractivity contribution in [2.24, 2.45) is 0 Å². The molecule has 6 heterocycles. The second-order valence-electron chi connectivity index (χ2n) is 9.14. The van der Waals surface area contributed by atoms with E-state index in [0.29, 0.717) is 66.4 Å². The zero-order chi connectivity index (χ0) is 24.8. The lowest BCUT2D eigenvalue weighted by Crippen LogP contribution is -2.57. The van der Waals surface area contributed by atoms with Crippen molar-refractivity contribution in [1.29, 1.82) is 0 Å². The molecule has 10 nitrogen and oxygen atoms in total. The number of halogens is 3. The molecule has 0 bridgehead atoms. The number of nitrogens with zero attached hydrogens (tertiary/aromatic N) is 7. The van der Waals surface area contributed by atoms with Crippen LogP contribution in [0.4, 0.5) is 24.9 Å². The van der Waals surface area contributed by atoms with Gasteiger partial charge in [-0.05, 0) is 18.6 Å². The lowest BCUT2D eigenvalue weighted by Gasteiger charge is -2.42. The molecule has 0 radical (unpaired) electrons. The van der Waals surface area contributed by atoms with Gasteiger partial charge in [0.25, 0.3) is 0 Å². The molecule has 6 rings (SSSR count). The van der Waals surface area contributed by atoms with E-state index in [0.717, 1.165) is 12.1 Å². The van der Waals surface area contributed by atoms with Gasteiger partial charge in [0.15, 0.2) is 11.5 Å². The molecule has 2 aliphatic rings. The van der Waals surface area contributed by atoms with Crippen LogP contribution in [0, 0.1) is 0 Å². The molecule has 2 atom stereocenters. The van der Waals surface area contributed by atoms with Crippen LogP contribution in [0.2, 0.25) is 0 Å². The topological polar surface area (TPSA) is 96.9 Å². The van der Waals surface area contributed by atoms with E-state index in [9.17, 15) is 13.2 Å². The van der Waals surface area contributed by atoms with E-state index in [1.807, 2.05) is 6.07 Å². The molecule has 4 aromatic heterocycles. The molecule has 2 N–H and O–H groups in total. The normalized spacial score (nSPS) is 21.4. The van der Waals surface area contributed by atoms with E-state index >= 15 is 0 Å². The summed E-state index contributed by atoms with van der Waals surface area (Å²) in [6.45, 7) is 2.48. The van der Waals surface area contributed by atoms with Crippen LogP contribution >= 0.6 is 0 Å². The van der Waals surface area contributed by atoms with Gasteiger partial charge in [-0.3, -0.25) is 4.90 Å². The maximum atomic E-state index is 15.0. The molecule has 2 saturated heterocycles. The van der Waals surface area contributed by atoms with Crippen LogP contribution in [-0.4, -0.2) is 92.1 Å². The van der Waals surface area contributed by atoms with Gasteiger partial charge in [0.05, 0.1) is 37.2 Å². The van der Waals surface area contributed by atoms with Gasteiger partial charge in [-0.15, -0.1) is 5.10 Å². The predicted molar refractivity (Wildman–Crippen MR) is 127 cm³/mol. The third-order valence-electron chi connectivity index (χ3n) is 6.86. The number of anilines is 2. The van der Waals surface area contributed by atoms with Crippen molar-refractivity contribution in [2.75, 3.05) is 44.0 Å². The minimum atomic E-state index is -2.49. The first-order valence-electron chi connectivity index (χ1n) is 11.9. The molecule has 0 saturated carbocycles. The van der Waals surface area contributed by atoms with Crippen molar-refractivity contribution < 1.29 is 17.9 Å². The zero-order valence-corrected chi connectivity index (χ0v) is 19.6. The minimum absolute atomic E-state index is 0.313. The highest BCUT2D eigenvalue weighted by atomic mass is 19.3. The van der Waals surface area contributed by atoms with E-state index < -0.39 is 25.1 Å². The van der Waals surface area contributed by atoms with Crippen molar-refractivity contribution in [3.05, 3.63) is 36.3 Å². The third-order valence-corrected chi connectivity index (χ3v) is 6.86. The summed E-state index contributed by atoms with van der Waals surface area (Å²) in [5, 5.41) is 14.9. The summed E-state index contributed by atoms with van der Waals surface area (Å²) in [7, 11) is 1.74. The highest BCUT2D eigenvalue weighted by Gasteiger charge is 2.35. The average Bonchev–Trinajstić information content (AvgIpc) is 3.43. The highest BCUT2D eigenvalue weighted by molar-refractivity contribution is 5.87. The molecule has 190 valence electrons. The summed E-state index contributed by atoms with van der Waals surface area (Å²) in [4.78, 5) is 11.3. The number of piperidine rings is 1. The molecule has 13 heteroatoms. The van der Waals surface area contributed by atoms with Gasteiger partial charge >= 0.3 is 0 Å². The maximum absolute atomic E-state index is 15.0. The van der Waals surface area contributed by atoms with Crippen LogP contribution < -0.4 is 10.6 Å². The highest BCUT2D eigenvalue weighted by Crippen LogP contribution is 2.30. The summed E-state index contributed by atoms with van der Waals surface area (Å²) in [6.07, 6.45) is 1.56. The molecule has 0 spiro atoms. The maximum Gasteiger partial charge on any atom is 0.243 e. The Labute approximate surface area is 204 Å². The first kappa shape index (κ1) is 23.0. The Morgan fingerprint density at radius 2 is 2.00 bits per heavy atom. The Morgan fingerprint density at radius 1 is 1.17 bits per heavy atom. The number of alkyl halides is 3. The first-order valence-corrected chi connectivity index (χ1v) is 11.9. The second kappa shape index (κ2) is 9.21. The molecule has 0 aliphatic carbocycles. The fourth-order valence-corrected chi connectivity index (χ4v) is 4.87. The van der Waals surface area contributed by atoms with Crippen LogP contribution in [0.3, 0.4) is 0 Å². The van der Waals surface area contributed by atoms with E-state index in [1.165, 1.54) is 10.7 Å². The number of ether oxygens (including phenoxy) is 1. The Morgan fingerprint density at radius 3 is 2.72 bits per heavy atom. The Hall–Kier alpha value is -3.45. The van der Waals surface area contributed by atoms with E-state index in [1.54, 1.807) is 30.0 Å². The van der Waals surface area contributed by atoms with Gasteiger partial charge in [0, 0.05) is 50.1 Å². The second-order valence-corrected chi connectivity index (χ2v) is 9.14. The molecule has 36 heavy (non-hydrogen) atoms. The molecular weight excluding hydrogens is 475 g/mol. The molecule has 4 aromatic rings. The van der Waals surface area contributed by atoms with E-state index in [2.05, 4.69) is 35.7 Å². The standard InChI is InChI=1S/C23H26F3N9O/c1-27-21-20-15(17-4-7-35-22(29-17)13(9-28-35)8-19(25)26)2-6-34(20)32-23(31-21)30-18-3-5-33(10-16(18)24)14-11-36-12-14/h2,4,6-7,9,14,16,18-19H,3,5,8,10-12H2,1H3,(H2,27,30,31,32). The number of likely N-dealkylation sites (tertiary alicyclic amines) is 1. The van der Waals surface area contributed by atoms with Crippen molar-refractivity contribution in [2.45, 2.75) is 37.5 Å². The number of aromatic nitrogens is 6. The fourth-order valence-electron chi connectivity index (χ4n) is 4.87. The van der Waals surface area contributed by atoms with Crippen molar-refractivity contribution >= 4 is 22.9 Å². The van der Waals surface area contributed by atoms with Gasteiger partial charge in [-0.25, -0.2) is 27.2 Å². The third kappa shape index (κ3) is 4.11. The van der Waals surface area contributed by atoms with Crippen LogP contribution in [0.1, 0.15) is 12.0 Å². The summed E-state index contributed by atoms with van der Waals surface area (Å²) in [6, 6.07) is 3.53. The molecular formula is C23H26F3N9O. The average molecular weight is 502 g/mol. The van der Waals surface area contributed by atoms with Crippen molar-refractivity contribution in [1.82, 2.24) is 34.1 Å². The quantitative estimate of drug-likeness (QED) is 0.399. The van der Waals surface area contributed by atoms with Crippen LogP contribution in [-0.2, 0) is 11.2 Å². The molecule has 2 fully saturated rings. The van der Waals surface area contributed by atoms with Crippen LogP contribution in [0.15, 0.2) is 30.7 Å². The van der Waals surface area contributed by atoms with Gasteiger partial charge < -0.3 is 15.4 Å².